The highest BCUT2D eigenvalue weighted by Crippen LogP contribution is 2.22. The van der Waals surface area contributed by atoms with Crippen molar-refractivity contribution in [3.63, 3.8) is 0 Å². The zero-order valence-electron chi connectivity index (χ0n) is 9.32. The minimum atomic E-state index is -5.97. The second-order valence-electron chi connectivity index (χ2n) is 3.54. The summed E-state index contributed by atoms with van der Waals surface area (Å²) in [6, 6.07) is 7.52. The first-order chi connectivity index (χ1) is 8.54. The van der Waals surface area contributed by atoms with Crippen molar-refractivity contribution in [1.82, 2.24) is 0 Å². The van der Waals surface area contributed by atoms with Crippen LogP contribution in [-0.4, -0.2) is 33.2 Å². The molecular weight excluding hydrogens is 306 g/mol. The standard InChI is InChI=1S/C9H10F2O6S2/c10-9(11,19(14,15)16)7-17-18(12,13)6-8-4-2-1-3-5-8/h1-5H,6-7H2,(H,14,15,16)/p-1. The maximum atomic E-state index is 12.7. The maximum Gasteiger partial charge on any atom is 0.358 e. The van der Waals surface area contributed by atoms with Gasteiger partial charge in [0, 0.05) is 0 Å². The van der Waals surface area contributed by atoms with Gasteiger partial charge in [0.2, 0.25) is 0 Å². The highest BCUT2D eigenvalue weighted by molar-refractivity contribution is 7.87. The average molecular weight is 315 g/mol. The maximum absolute atomic E-state index is 12.7. The second kappa shape index (κ2) is 5.49. The van der Waals surface area contributed by atoms with E-state index in [1.54, 1.807) is 6.07 Å². The fourth-order valence-corrected chi connectivity index (χ4v) is 2.34. The van der Waals surface area contributed by atoms with Gasteiger partial charge in [0.05, 0.1) is 0 Å². The van der Waals surface area contributed by atoms with Crippen molar-refractivity contribution in [2.45, 2.75) is 11.0 Å². The fraction of sp³-hybridized carbons (Fsp3) is 0.333. The van der Waals surface area contributed by atoms with E-state index in [4.69, 9.17) is 0 Å². The lowest BCUT2D eigenvalue weighted by Gasteiger charge is -2.19. The zero-order valence-corrected chi connectivity index (χ0v) is 11.0. The average Bonchev–Trinajstić information content (AvgIpc) is 2.26. The highest BCUT2D eigenvalue weighted by Gasteiger charge is 2.39. The van der Waals surface area contributed by atoms with Crippen LogP contribution >= 0.6 is 0 Å². The number of rotatable bonds is 6. The molecule has 6 nitrogen and oxygen atoms in total. The van der Waals surface area contributed by atoms with Crippen LogP contribution in [0, 0.1) is 0 Å². The van der Waals surface area contributed by atoms with Crippen LogP contribution < -0.4 is 0 Å². The molecule has 0 unspecified atom stereocenters. The molecule has 0 aliphatic carbocycles. The van der Waals surface area contributed by atoms with Gasteiger partial charge in [-0.1, -0.05) is 30.3 Å². The first-order valence-corrected chi connectivity index (χ1v) is 7.76. The molecule has 0 atom stereocenters. The quantitative estimate of drug-likeness (QED) is 0.565. The number of halogens is 2. The smallest absolute Gasteiger partial charge is 0.358 e. The summed E-state index contributed by atoms with van der Waals surface area (Å²) in [7, 11) is -10.4. The van der Waals surface area contributed by atoms with Crippen LogP contribution in [0.1, 0.15) is 5.56 Å². The third-order valence-electron chi connectivity index (χ3n) is 1.96. The number of benzene rings is 1. The summed E-state index contributed by atoms with van der Waals surface area (Å²) >= 11 is 0. The Kier molecular flexibility index (Phi) is 4.61. The van der Waals surface area contributed by atoms with Crippen molar-refractivity contribution in [2.24, 2.45) is 0 Å². The van der Waals surface area contributed by atoms with Crippen molar-refractivity contribution < 1.29 is 34.4 Å². The first-order valence-electron chi connectivity index (χ1n) is 4.78. The van der Waals surface area contributed by atoms with Crippen LogP contribution in [0.4, 0.5) is 8.78 Å². The molecule has 0 aliphatic rings. The van der Waals surface area contributed by atoms with E-state index in [2.05, 4.69) is 4.18 Å². The Morgan fingerprint density at radius 1 is 1.11 bits per heavy atom. The van der Waals surface area contributed by atoms with Gasteiger partial charge in [-0.2, -0.15) is 17.2 Å². The molecule has 0 amide bonds. The minimum Gasteiger partial charge on any atom is -0.743 e. The number of hydrogen-bond donors (Lipinski definition) is 0. The third kappa shape index (κ3) is 4.82. The molecule has 19 heavy (non-hydrogen) atoms. The van der Waals surface area contributed by atoms with Crippen LogP contribution in [0.2, 0.25) is 0 Å². The van der Waals surface area contributed by atoms with Crippen LogP contribution in [0.25, 0.3) is 0 Å². The van der Waals surface area contributed by atoms with Crippen molar-refractivity contribution in [1.29, 1.82) is 0 Å². The second-order valence-corrected chi connectivity index (χ2v) is 6.69. The molecule has 1 aromatic rings. The van der Waals surface area contributed by atoms with Gasteiger partial charge in [-0.25, -0.2) is 8.42 Å². The molecule has 108 valence electrons. The minimum absolute atomic E-state index is 0.274. The fourth-order valence-electron chi connectivity index (χ4n) is 1.05. The lowest BCUT2D eigenvalue weighted by Crippen LogP contribution is -2.35. The monoisotopic (exact) mass is 315 g/mol. The Hall–Kier alpha value is -1.10. The van der Waals surface area contributed by atoms with Gasteiger partial charge >= 0.3 is 5.25 Å². The summed E-state index contributed by atoms with van der Waals surface area (Å²) < 4.78 is 82.4. The summed E-state index contributed by atoms with van der Waals surface area (Å²) in [6.45, 7) is -2.03. The van der Waals surface area contributed by atoms with Gasteiger partial charge in [-0.05, 0) is 5.56 Å². The molecule has 0 fully saturated rings. The van der Waals surface area contributed by atoms with Gasteiger partial charge in [0.1, 0.15) is 12.4 Å². The number of alkyl halides is 2. The molecule has 0 N–H and O–H groups in total. The molecule has 0 radical (unpaired) electrons. The van der Waals surface area contributed by atoms with E-state index in [1.165, 1.54) is 24.3 Å². The summed E-state index contributed by atoms with van der Waals surface area (Å²) in [5.41, 5.74) is 0.274. The van der Waals surface area contributed by atoms with Gasteiger partial charge in [0.15, 0.2) is 10.1 Å². The molecule has 1 rings (SSSR count). The topological polar surface area (TPSA) is 101 Å². The molecule has 1 aromatic carbocycles. The van der Waals surface area contributed by atoms with Crippen LogP contribution in [0.15, 0.2) is 30.3 Å². The summed E-state index contributed by atoms with van der Waals surface area (Å²) in [6.07, 6.45) is 0. The van der Waals surface area contributed by atoms with Crippen LogP contribution in [0.3, 0.4) is 0 Å². The van der Waals surface area contributed by atoms with Gasteiger partial charge < -0.3 is 4.55 Å². The molecule has 0 heterocycles. The Labute approximate surface area is 108 Å². The van der Waals surface area contributed by atoms with Crippen molar-refractivity contribution in [3.05, 3.63) is 35.9 Å². The first kappa shape index (κ1) is 16.0. The van der Waals surface area contributed by atoms with Crippen LogP contribution in [-0.2, 0) is 30.2 Å². The molecule has 0 saturated carbocycles. The van der Waals surface area contributed by atoms with E-state index in [-0.39, 0.29) is 5.56 Å². The predicted octanol–water partition coefficient (Wildman–Crippen LogP) is 0.671. The molecule has 0 aromatic heterocycles. The molecule has 10 heteroatoms. The molecular formula is C9H9F2O6S2-. The highest BCUT2D eigenvalue weighted by atomic mass is 32.2. The van der Waals surface area contributed by atoms with Gasteiger partial charge in [-0.15, -0.1) is 0 Å². The molecule has 0 aliphatic heterocycles. The Morgan fingerprint density at radius 2 is 1.63 bits per heavy atom. The molecule has 0 saturated heterocycles. The van der Waals surface area contributed by atoms with Crippen molar-refractivity contribution in [3.8, 4) is 0 Å². The summed E-state index contributed by atoms with van der Waals surface area (Å²) in [4.78, 5) is 0. The largest absolute Gasteiger partial charge is 0.743 e. The van der Waals surface area contributed by atoms with Crippen LogP contribution in [0.5, 0.6) is 0 Å². The van der Waals surface area contributed by atoms with E-state index in [9.17, 15) is 30.2 Å². The lowest BCUT2D eigenvalue weighted by molar-refractivity contribution is 0.0302. The lowest BCUT2D eigenvalue weighted by atomic mass is 10.2. The molecule has 0 bridgehead atoms. The molecule has 0 spiro atoms. The normalized spacial score (nSPS) is 13.4. The predicted molar refractivity (Wildman–Crippen MR) is 59.7 cm³/mol. The van der Waals surface area contributed by atoms with E-state index >= 15 is 0 Å². The summed E-state index contributed by atoms with van der Waals surface area (Å²) in [5.74, 6) is -0.706. The number of hydrogen-bond acceptors (Lipinski definition) is 6. The Morgan fingerprint density at radius 3 is 2.11 bits per heavy atom. The van der Waals surface area contributed by atoms with E-state index in [0.717, 1.165) is 0 Å². The Bertz CT molecular complexity index is 624. The zero-order chi connectivity index (χ0) is 14.7. The Balaban J connectivity index is 2.72. The van der Waals surface area contributed by atoms with Crippen molar-refractivity contribution in [2.75, 3.05) is 6.61 Å². The summed E-state index contributed by atoms with van der Waals surface area (Å²) in [5, 5.41) is -4.79. The van der Waals surface area contributed by atoms with E-state index in [0.29, 0.717) is 0 Å². The van der Waals surface area contributed by atoms with Gasteiger partial charge in [0.25, 0.3) is 10.1 Å². The van der Waals surface area contributed by atoms with E-state index in [1.807, 2.05) is 0 Å². The SMILES string of the molecule is O=S(=O)(Cc1ccccc1)OCC(F)(F)S(=O)(=O)[O-]. The third-order valence-corrected chi connectivity index (χ3v) is 3.97. The van der Waals surface area contributed by atoms with E-state index < -0.39 is 37.9 Å². The van der Waals surface area contributed by atoms with Crippen molar-refractivity contribution >= 4 is 20.2 Å². The van der Waals surface area contributed by atoms with Gasteiger partial charge in [-0.3, -0.25) is 4.18 Å².